The largest absolute Gasteiger partial charge is 0.402 e. The maximum atomic E-state index is 12.0. The maximum absolute atomic E-state index is 12.0. The van der Waals surface area contributed by atoms with E-state index in [0.717, 1.165) is 6.07 Å². The number of nitro groups is 2. The van der Waals surface area contributed by atoms with Crippen molar-refractivity contribution in [3.63, 3.8) is 0 Å². The SMILES string of the molecule is O=C1OC(c2ccc([N+](=O)[O-])cc2Cl)=N/C1=C\C=C\c1cccc([N+](=O)[O-])c1. The standard InChI is InChI=1S/C18H10ClN3O6/c19-15-10-13(22(26)27)7-8-14(15)17-20-16(18(23)28-17)6-2-4-11-3-1-5-12(9-11)21(24)25/h1-10H/b4-2+,16-6-. The average Bonchev–Trinajstić information content (AvgIpc) is 3.02. The average molecular weight is 400 g/mol. The van der Waals surface area contributed by atoms with Crippen LogP contribution in [0.4, 0.5) is 11.4 Å². The fourth-order valence-electron chi connectivity index (χ4n) is 2.32. The normalized spacial score (nSPS) is 15.0. The van der Waals surface area contributed by atoms with E-state index in [-0.39, 0.29) is 33.6 Å². The molecule has 9 nitrogen and oxygen atoms in total. The lowest BCUT2D eigenvalue weighted by molar-refractivity contribution is -0.385. The van der Waals surface area contributed by atoms with E-state index in [1.807, 2.05) is 0 Å². The number of benzene rings is 2. The van der Waals surface area contributed by atoms with E-state index in [9.17, 15) is 25.0 Å². The van der Waals surface area contributed by atoms with Crippen LogP contribution in [0.25, 0.3) is 6.08 Å². The molecule has 1 aliphatic heterocycles. The molecule has 0 atom stereocenters. The molecule has 3 rings (SSSR count). The summed E-state index contributed by atoms with van der Waals surface area (Å²) in [4.78, 5) is 36.4. The molecule has 1 heterocycles. The van der Waals surface area contributed by atoms with Crippen LogP contribution in [0.5, 0.6) is 0 Å². The van der Waals surface area contributed by atoms with E-state index in [4.69, 9.17) is 16.3 Å². The summed E-state index contributed by atoms with van der Waals surface area (Å²) in [6, 6.07) is 9.66. The smallest absolute Gasteiger partial charge is 0.363 e. The minimum absolute atomic E-state index is 0.00824. The Balaban J connectivity index is 1.83. The Bertz CT molecular complexity index is 1090. The summed E-state index contributed by atoms with van der Waals surface area (Å²) in [5, 5.41) is 21.6. The van der Waals surface area contributed by atoms with Crippen LogP contribution < -0.4 is 0 Å². The number of aliphatic imine (C=N–C) groups is 1. The lowest BCUT2D eigenvalue weighted by Crippen LogP contribution is -2.06. The first kappa shape index (κ1) is 18.9. The number of nitro benzene ring substituents is 2. The number of ether oxygens (including phenoxy) is 1. The van der Waals surface area contributed by atoms with Crippen molar-refractivity contribution in [2.24, 2.45) is 4.99 Å². The van der Waals surface area contributed by atoms with Crippen LogP contribution in [-0.2, 0) is 9.53 Å². The van der Waals surface area contributed by atoms with Gasteiger partial charge in [-0.05, 0) is 17.7 Å². The molecule has 2 aromatic rings. The first-order chi connectivity index (χ1) is 13.3. The van der Waals surface area contributed by atoms with E-state index in [2.05, 4.69) is 4.99 Å². The van der Waals surface area contributed by atoms with E-state index >= 15 is 0 Å². The van der Waals surface area contributed by atoms with Crippen molar-refractivity contribution in [2.45, 2.75) is 0 Å². The van der Waals surface area contributed by atoms with E-state index in [0.29, 0.717) is 5.56 Å². The Morgan fingerprint density at radius 1 is 1.04 bits per heavy atom. The van der Waals surface area contributed by atoms with Gasteiger partial charge in [0, 0.05) is 24.3 Å². The second-order valence-electron chi connectivity index (χ2n) is 5.49. The molecule has 0 N–H and O–H groups in total. The van der Waals surface area contributed by atoms with Gasteiger partial charge < -0.3 is 4.74 Å². The van der Waals surface area contributed by atoms with Gasteiger partial charge in [0.25, 0.3) is 11.4 Å². The molecule has 2 aromatic carbocycles. The number of rotatable bonds is 5. The second kappa shape index (κ2) is 7.80. The van der Waals surface area contributed by atoms with Gasteiger partial charge in [0.2, 0.25) is 5.90 Å². The third-order valence-electron chi connectivity index (χ3n) is 3.64. The predicted molar refractivity (Wildman–Crippen MR) is 101 cm³/mol. The number of hydrogen-bond donors (Lipinski definition) is 0. The number of esters is 1. The molecule has 0 unspecified atom stereocenters. The van der Waals surface area contributed by atoms with Gasteiger partial charge in [-0.15, -0.1) is 0 Å². The summed E-state index contributed by atoms with van der Waals surface area (Å²) < 4.78 is 5.06. The third-order valence-corrected chi connectivity index (χ3v) is 3.95. The highest BCUT2D eigenvalue weighted by Gasteiger charge is 2.26. The van der Waals surface area contributed by atoms with Gasteiger partial charge in [-0.3, -0.25) is 20.2 Å². The zero-order valence-electron chi connectivity index (χ0n) is 13.9. The lowest BCUT2D eigenvalue weighted by Gasteiger charge is -2.02. The molecule has 10 heteroatoms. The molecule has 0 bridgehead atoms. The monoisotopic (exact) mass is 399 g/mol. The molecule has 0 saturated heterocycles. The molecule has 28 heavy (non-hydrogen) atoms. The first-order valence-corrected chi connectivity index (χ1v) is 8.11. The first-order valence-electron chi connectivity index (χ1n) is 7.73. The predicted octanol–water partition coefficient (Wildman–Crippen LogP) is 4.06. The van der Waals surface area contributed by atoms with Crippen molar-refractivity contribution in [3.05, 3.63) is 96.7 Å². The van der Waals surface area contributed by atoms with Gasteiger partial charge >= 0.3 is 5.97 Å². The summed E-state index contributed by atoms with van der Waals surface area (Å²) in [5.74, 6) is -0.784. The van der Waals surface area contributed by atoms with Crippen LogP contribution in [0.1, 0.15) is 11.1 Å². The minimum Gasteiger partial charge on any atom is -0.402 e. The maximum Gasteiger partial charge on any atom is 0.363 e. The van der Waals surface area contributed by atoms with Crippen LogP contribution in [0.15, 0.2) is 65.3 Å². The summed E-state index contributed by atoms with van der Waals surface area (Å²) in [6.45, 7) is 0. The van der Waals surface area contributed by atoms with Gasteiger partial charge in [0.05, 0.1) is 20.4 Å². The molecule has 0 spiro atoms. The number of carbonyl (C=O) groups is 1. The lowest BCUT2D eigenvalue weighted by atomic mass is 10.2. The Kier molecular flexibility index (Phi) is 5.28. The molecule has 0 fully saturated rings. The van der Waals surface area contributed by atoms with Gasteiger partial charge in [-0.25, -0.2) is 9.79 Å². The van der Waals surface area contributed by atoms with Crippen LogP contribution in [0, 0.1) is 20.2 Å². The number of non-ortho nitro benzene ring substituents is 2. The number of allylic oxidation sites excluding steroid dienone is 2. The number of nitrogens with zero attached hydrogens (tertiary/aromatic N) is 3. The second-order valence-corrected chi connectivity index (χ2v) is 5.90. The number of carbonyl (C=O) groups excluding carboxylic acids is 1. The minimum atomic E-state index is -0.715. The van der Waals surface area contributed by atoms with Gasteiger partial charge in [0.1, 0.15) is 0 Å². The molecular weight excluding hydrogens is 390 g/mol. The highest BCUT2D eigenvalue weighted by atomic mass is 35.5. The van der Waals surface area contributed by atoms with Gasteiger partial charge in [0.15, 0.2) is 5.70 Å². The van der Waals surface area contributed by atoms with E-state index in [1.54, 1.807) is 18.2 Å². The van der Waals surface area contributed by atoms with Crippen molar-refractivity contribution < 1.29 is 19.4 Å². The molecule has 0 saturated carbocycles. The number of cyclic esters (lactones) is 1. The van der Waals surface area contributed by atoms with Crippen LogP contribution in [0.2, 0.25) is 5.02 Å². The van der Waals surface area contributed by atoms with Crippen LogP contribution >= 0.6 is 11.6 Å². The van der Waals surface area contributed by atoms with E-state index < -0.39 is 15.8 Å². The van der Waals surface area contributed by atoms with Crippen molar-refractivity contribution in [3.8, 4) is 0 Å². The van der Waals surface area contributed by atoms with Crippen molar-refractivity contribution in [1.82, 2.24) is 0 Å². The topological polar surface area (TPSA) is 125 Å². The van der Waals surface area contributed by atoms with Crippen molar-refractivity contribution >= 4 is 40.9 Å². The molecule has 0 aliphatic carbocycles. The number of hydrogen-bond acceptors (Lipinski definition) is 7. The molecule has 140 valence electrons. The van der Waals surface area contributed by atoms with E-state index in [1.165, 1.54) is 36.4 Å². The summed E-state index contributed by atoms with van der Waals surface area (Å²) in [6.07, 6.45) is 4.45. The molecule has 0 amide bonds. The Labute approximate surface area is 162 Å². The summed E-state index contributed by atoms with van der Waals surface area (Å²) in [5.41, 5.74) is 0.551. The third kappa shape index (κ3) is 4.10. The fourth-order valence-corrected chi connectivity index (χ4v) is 2.58. The highest BCUT2D eigenvalue weighted by Crippen LogP contribution is 2.26. The highest BCUT2D eigenvalue weighted by molar-refractivity contribution is 6.34. The van der Waals surface area contributed by atoms with Crippen LogP contribution in [-0.4, -0.2) is 21.7 Å². The molecular formula is C18H10ClN3O6. The zero-order valence-corrected chi connectivity index (χ0v) is 14.7. The molecule has 0 radical (unpaired) electrons. The Morgan fingerprint density at radius 3 is 2.43 bits per heavy atom. The number of halogens is 1. The quantitative estimate of drug-likeness (QED) is 0.323. The van der Waals surface area contributed by atoms with Gasteiger partial charge in [-0.1, -0.05) is 35.9 Å². The van der Waals surface area contributed by atoms with Crippen molar-refractivity contribution in [1.29, 1.82) is 0 Å². The Morgan fingerprint density at radius 2 is 1.75 bits per heavy atom. The summed E-state index contributed by atoms with van der Waals surface area (Å²) in [7, 11) is 0. The Hall–Kier alpha value is -3.85. The molecule has 1 aliphatic rings. The molecule has 0 aromatic heterocycles. The van der Waals surface area contributed by atoms with Crippen LogP contribution in [0.3, 0.4) is 0 Å². The summed E-state index contributed by atoms with van der Waals surface area (Å²) >= 11 is 6.01. The van der Waals surface area contributed by atoms with Crippen molar-refractivity contribution in [2.75, 3.05) is 0 Å². The fraction of sp³-hybridized carbons (Fsp3) is 0. The zero-order chi connectivity index (χ0) is 20.3. The van der Waals surface area contributed by atoms with Gasteiger partial charge in [-0.2, -0.15) is 0 Å².